The van der Waals surface area contributed by atoms with E-state index in [9.17, 15) is 26.4 Å². The van der Waals surface area contributed by atoms with Crippen molar-refractivity contribution in [1.29, 1.82) is 0 Å². The Morgan fingerprint density at radius 3 is 2.33 bits per heavy atom. The molecule has 1 atom stereocenters. The van der Waals surface area contributed by atoms with E-state index in [1.165, 1.54) is 25.0 Å². The van der Waals surface area contributed by atoms with Gasteiger partial charge in [-0.15, -0.1) is 13.2 Å². The molecule has 0 aliphatic carbocycles. The monoisotopic (exact) mass is 410 g/mol. The molecule has 1 aliphatic rings. The standard InChI is InChI=1S/C12H13F3N6O5S/c1-25-7-6-8(26-2)18-9(17-7)19-10(22)20-27(23,24)11-16-4-3-5-21(11)12(13,14)15/h3-6,11H,1-2H3,(H2,17,18,19,20,22). The molecule has 148 valence electrons. The van der Waals surface area contributed by atoms with Crippen molar-refractivity contribution in [3.63, 3.8) is 0 Å². The van der Waals surface area contributed by atoms with Gasteiger partial charge in [0, 0.05) is 12.4 Å². The van der Waals surface area contributed by atoms with Crippen LogP contribution < -0.4 is 19.5 Å². The van der Waals surface area contributed by atoms with Crippen LogP contribution in [0.3, 0.4) is 0 Å². The maximum atomic E-state index is 12.9. The third-order valence-electron chi connectivity index (χ3n) is 2.91. The van der Waals surface area contributed by atoms with Gasteiger partial charge in [0.25, 0.3) is 10.0 Å². The molecule has 0 spiro atoms. The number of sulfonamides is 1. The summed E-state index contributed by atoms with van der Waals surface area (Å²) in [6.45, 7) is 0. The number of amides is 2. The lowest BCUT2D eigenvalue weighted by Crippen LogP contribution is -2.51. The van der Waals surface area contributed by atoms with Crippen molar-refractivity contribution in [3.05, 3.63) is 18.3 Å². The van der Waals surface area contributed by atoms with Gasteiger partial charge in [-0.3, -0.25) is 15.2 Å². The number of alkyl halides is 3. The van der Waals surface area contributed by atoms with Crippen LogP contribution in [0.15, 0.2) is 23.3 Å². The van der Waals surface area contributed by atoms with E-state index < -0.39 is 38.7 Å². The molecule has 1 aromatic rings. The Kier molecular flexibility index (Phi) is 5.72. The van der Waals surface area contributed by atoms with E-state index in [4.69, 9.17) is 9.47 Å². The summed E-state index contributed by atoms with van der Waals surface area (Å²) in [4.78, 5) is 22.1. The summed E-state index contributed by atoms with van der Waals surface area (Å²) < 4.78 is 74.2. The second-order valence-electron chi connectivity index (χ2n) is 4.72. The number of methoxy groups -OCH3 is 2. The molecule has 0 saturated carbocycles. The van der Waals surface area contributed by atoms with E-state index in [0.717, 1.165) is 12.3 Å². The number of hydrogen-bond donors (Lipinski definition) is 2. The number of aliphatic imine (C=N–C) groups is 1. The number of carbonyl (C=O) groups is 1. The maximum absolute atomic E-state index is 12.9. The van der Waals surface area contributed by atoms with Crippen molar-refractivity contribution in [2.45, 2.75) is 11.8 Å². The molecule has 2 heterocycles. The summed E-state index contributed by atoms with van der Waals surface area (Å²) in [5.41, 5.74) is -2.42. The topological polar surface area (TPSA) is 135 Å². The molecule has 0 radical (unpaired) electrons. The van der Waals surface area contributed by atoms with E-state index in [0.29, 0.717) is 6.20 Å². The predicted octanol–water partition coefficient (Wildman–Crippen LogP) is 0.649. The van der Waals surface area contributed by atoms with Gasteiger partial charge in [0.2, 0.25) is 23.2 Å². The predicted molar refractivity (Wildman–Crippen MR) is 85.5 cm³/mol. The lowest BCUT2D eigenvalue weighted by Gasteiger charge is -2.30. The van der Waals surface area contributed by atoms with Crippen molar-refractivity contribution >= 4 is 28.2 Å². The first kappa shape index (κ1) is 20.2. The van der Waals surface area contributed by atoms with Crippen molar-refractivity contribution in [2.24, 2.45) is 4.99 Å². The Morgan fingerprint density at radius 1 is 1.22 bits per heavy atom. The highest BCUT2D eigenvalue weighted by atomic mass is 32.2. The summed E-state index contributed by atoms with van der Waals surface area (Å²) in [5.74, 6) is -0.422. The Labute approximate surface area is 150 Å². The van der Waals surface area contributed by atoms with Crippen LogP contribution in [-0.4, -0.2) is 61.5 Å². The fourth-order valence-corrected chi connectivity index (χ4v) is 2.95. The van der Waals surface area contributed by atoms with Crippen LogP contribution >= 0.6 is 0 Å². The molecular formula is C12H13F3N6O5S. The number of rotatable bonds is 5. The van der Waals surface area contributed by atoms with Gasteiger partial charge in [-0.1, -0.05) is 0 Å². The number of ether oxygens (including phenoxy) is 2. The fourth-order valence-electron chi connectivity index (χ4n) is 1.82. The Hall–Kier alpha value is -3.10. The van der Waals surface area contributed by atoms with Crippen LogP contribution in [0.4, 0.5) is 23.9 Å². The minimum atomic E-state index is -5.03. The van der Waals surface area contributed by atoms with E-state index in [1.807, 2.05) is 5.32 Å². The number of allylic oxidation sites excluding steroid dienone is 1. The zero-order chi connectivity index (χ0) is 20.2. The molecule has 0 bridgehead atoms. The van der Waals surface area contributed by atoms with Crippen LogP contribution in [0.25, 0.3) is 0 Å². The van der Waals surface area contributed by atoms with Gasteiger partial charge in [-0.25, -0.2) is 17.9 Å². The first-order chi connectivity index (χ1) is 12.6. The zero-order valence-corrected chi connectivity index (χ0v) is 14.6. The van der Waals surface area contributed by atoms with E-state index in [-0.39, 0.29) is 11.8 Å². The summed E-state index contributed by atoms with van der Waals surface area (Å²) in [6, 6.07) is -0.124. The molecule has 2 amide bonds. The van der Waals surface area contributed by atoms with Crippen molar-refractivity contribution < 1.29 is 35.9 Å². The number of carbonyl (C=O) groups excluding carboxylic acids is 1. The van der Waals surface area contributed by atoms with Gasteiger partial charge in [0.05, 0.1) is 20.3 Å². The molecular weight excluding hydrogens is 397 g/mol. The average molecular weight is 410 g/mol. The van der Waals surface area contributed by atoms with Crippen LogP contribution in [0.5, 0.6) is 11.8 Å². The molecule has 1 unspecified atom stereocenters. The van der Waals surface area contributed by atoms with E-state index in [2.05, 4.69) is 15.0 Å². The lowest BCUT2D eigenvalue weighted by molar-refractivity contribution is -0.231. The molecule has 0 aromatic carbocycles. The number of halogens is 3. The maximum Gasteiger partial charge on any atom is 0.487 e. The second-order valence-corrected chi connectivity index (χ2v) is 6.43. The molecule has 2 N–H and O–H groups in total. The van der Waals surface area contributed by atoms with Gasteiger partial charge in [-0.05, 0) is 6.08 Å². The lowest BCUT2D eigenvalue weighted by atomic mass is 10.5. The first-order valence-electron chi connectivity index (χ1n) is 6.91. The third-order valence-corrected chi connectivity index (χ3v) is 4.29. The van der Waals surface area contributed by atoms with Gasteiger partial charge in [0.1, 0.15) is 0 Å². The summed E-state index contributed by atoms with van der Waals surface area (Å²) in [5, 5.41) is 1.96. The van der Waals surface area contributed by atoms with Crippen molar-refractivity contribution in [2.75, 3.05) is 19.5 Å². The molecule has 15 heteroatoms. The molecule has 1 aromatic heterocycles. The quantitative estimate of drug-likeness (QED) is 0.676. The largest absolute Gasteiger partial charge is 0.487 e. The second kappa shape index (κ2) is 7.65. The molecule has 0 fully saturated rings. The summed E-state index contributed by atoms with van der Waals surface area (Å²) in [7, 11) is -2.34. The van der Waals surface area contributed by atoms with Crippen molar-refractivity contribution in [1.82, 2.24) is 19.6 Å². The van der Waals surface area contributed by atoms with Gasteiger partial charge >= 0.3 is 12.3 Å². The average Bonchev–Trinajstić information content (AvgIpc) is 2.60. The van der Waals surface area contributed by atoms with Crippen LogP contribution in [0.1, 0.15) is 0 Å². The number of nitrogens with zero attached hydrogens (tertiary/aromatic N) is 4. The van der Waals surface area contributed by atoms with Gasteiger partial charge < -0.3 is 9.47 Å². The van der Waals surface area contributed by atoms with Gasteiger partial charge in [-0.2, -0.15) is 9.97 Å². The number of nitrogens with one attached hydrogen (secondary N) is 2. The number of urea groups is 1. The minimum absolute atomic E-state index is 0.00901. The Morgan fingerprint density at radius 2 is 1.81 bits per heavy atom. The highest BCUT2D eigenvalue weighted by Gasteiger charge is 2.46. The number of aromatic nitrogens is 2. The van der Waals surface area contributed by atoms with Gasteiger partial charge in [0.15, 0.2) is 0 Å². The third kappa shape index (κ3) is 4.96. The molecule has 0 saturated heterocycles. The number of hydrogen-bond acceptors (Lipinski definition) is 9. The van der Waals surface area contributed by atoms with E-state index >= 15 is 0 Å². The van der Waals surface area contributed by atoms with Crippen LogP contribution in [0, 0.1) is 0 Å². The SMILES string of the molecule is COc1cc(OC)nc(NC(=O)NS(=O)(=O)C2N=CC=CN2C(F)(F)F)n1. The normalized spacial score (nSPS) is 16.8. The summed E-state index contributed by atoms with van der Waals surface area (Å²) >= 11 is 0. The molecule has 1 aliphatic heterocycles. The minimum Gasteiger partial charge on any atom is -0.481 e. The summed E-state index contributed by atoms with van der Waals surface area (Å²) in [6.07, 6.45) is -2.80. The number of anilines is 1. The van der Waals surface area contributed by atoms with Crippen LogP contribution in [0.2, 0.25) is 0 Å². The fraction of sp³-hybridized carbons (Fsp3) is 0.333. The Balaban J connectivity index is 2.17. The first-order valence-corrected chi connectivity index (χ1v) is 8.46. The highest BCUT2D eigenvalue weighted by Crippen LogP contribution is 2.28. The van der Waals surface area contributed by atoms with E-state index in [1.54, 1.807) is 0 Å². The molecule has 27 heavy (non-hydrogen) atoms. The molecule has 2 rings (SSSR count). The smallest absolute Gasteiger partial charge is 0.481 e. The van der Waals surface area contributed by atoms with Crippen molar-refractivity contribution in [3.8, 4) is 11.8 Å². The highest BCUT2D eigenvalue weighted by molar-refractivity contribution is 7.90. The molecule has 11 nitrogen and oxygen atoms in total. The van der Waals surface area contributed by atoms with Crippen LogP contribution in [-0.2, 0) is 10.0 Å². The Bertz CT molecular complexity index is 851. The zero-order valence-electron chi connectivity index (χ0n) is 13.8.